The van der Waals surface area contributed by atoms with E-state index in [4.69, 9.17) is 4.74 Å². The zero-order valence-electron chi connectivity index (χ0n) is 15.2. The summed E-state index contributed by atoms with van der Waals surface area (Å²) in [6, 6.07) is 9.18. The van der Waals surface area contributed by atoms with Gasteiger partial charge in [-0.2, -0.15) is 0 Å². The van der Waals surface area contributed by atoms with Gasteiger partial charge in [-0.05, 0) is 31.4 Å². The molecule has 1 aromatic carbocycles. The molecule has 1 heterocycles. The standard InChI is InChI=1S/C20H22N2O5/c1-26-19(24)7-4-10-21-18(23)12-27-20(25)15-11-17(13-8-9-13)22-16-6-3-2-5-14(15)16/h2-3,5-6,11,13H,4,7-10,12H2,1H3,(H,21,23). The van der Waals surface area contributed by atoms with Gasteiger partial charge in [0.1, 0.15) is 0 Å². The summed E-state index contributed by atoms with van der Waals surface area (Å²) in [5.41, 5.74) is 2.08. The summed E-state index contributed by atoms with van der Waals surface area (Å²) >= 11 is 0. The van der Waals surface area contributed by atoms with Crippen molar-refractivity contribution in [1.29, 1.82) is 0 Å². The number of fused-ring (bicyclic) bond motifs is 1. The van der Waals surface area contributed by atoms with Crippen LogP contribution in [0.25, 0.3) is 10.9 Å². The third-order valence-electron chi connectivity index (χ3n) is 4.39. The Bertz CT molecular complexity index is 861. The first-order valence-electron chi connectivity index (χ1n) is 8.99. The summed E-state index contributed by atoms with van der Waals surface area (Å²) in [6.45, 7) is -0.0536. The minimum absolute atomic E-state index is 0.226. The Hall–Kier alpha value is -2.96. The maximum atomic E-state index is 12.5. The fraction of sp³-hybridized carbons (Fsp3) is 0.400. The van der Waals surface area contributed by atoms with Gasteiger partial charge in [-0.25, -0.2) is 4.79 Å². The molecule has 1 aliphatic rings. The molecule has 1 fully saturated rings. The number of aromatic nitrogens is 1. The summed E-state index contributed by atoms with van der Waals surface area (Å²) in [7, 11) is 1.32. The monoisotopic (exact) mass is 370 g/mol. The van der Waals surface area contributed by atoms with Crippen molar-refractivity contribution in [2.24, 2.45) is 0 Å². The molecule has 1 N–H and O–H groups in total. The molecular formula is C20H22N2O5. The molecule has 7 heteroatoms. The molecule has 0 unspecified atom stereocenters. The lowest BCUT2D eigenvalue weighted by Crippen LogP contribution is -2.30. The summed E-state index contributed by atoms with van der Waals surface area (Å²) in [5, 5.41) is 3.32. The van der Waals surface area contributed by atoms with E-state index < -0.39 is 11.9 Å². The van der Waals surface area contributed by atoms with Crippen molar-refractivity contribution in [2.75, 3.05) is 20.3 Å². The molecule has 0 atom stereocenters. The van der Waals surface area contributed by atoms with Gasteiger partial charge in [0.2, 0.25) is 0 Å². The molecule has 2 aromatic rings. The largest absolute Gasteiger partial charge is 0.469 e. The summed E-state index contributed by atoms with van der Waals surface area (Å²) in [4.78, 5) is 40.0. The minimum Gasteiger partial charge on any atom is -0.469 e. The zero-order chi connectivity index (χ0) is 19.2. The van der Waals surface area contributed by atoms with Gasteiger partial charge in [-0.3, -0.25) is 14.6 Å². The second kappa shape index (κ2) is 8.62. The Morgan fingerprint density at radius 1 is 1.22 bits per heavy atom. The third kappa shape index (κ3) is 5.03. The van der Waals surface area contributed by atoms with Gasteiger partial charge in [-0.1, -0.05) is 18.2 Å². The van der Waals surface area contributed by atoms with E-state index in [1.165, 1.54) is 7.11 Å². The fourth-order valence-electron chi connectivity index (χ4n) is 2.78. The highest BCUT2D eigenvalue weighted by atomic mass is 16.5. The topological polar surface area (TPSA) is 94.6 Å². The highest BCUT2D eigenvalue weighted by Gasteiger charge is 2.27. The number of pyridine rings is 1. The number of benzene rings is 1. The fourth-order valence-corrected chi connectivity index (χ4v) is 2.78. The number of ether oxygens (including phenoxy) is 2. The van der Waals surface area contributed by atoms with E-state index in [0.29, 0.717) is 29.8 Å². The number of carbonyl (C=O) groups is 3. The predicted molar refractivity (Wildman–Crippen MR) is 98.3 cm³/mol. The molecule has 0 aliphatic heterocycles. The molecule has 0 spiro atoms. The van der Waals surface area contributed by atoms with Crippen LogP contribution in [-0.2, 0) is 19.1 Å². The van der Waals surface area contributed by atoms with Crippen LogP contribution in [0.3, 0.4) is 0 Å². The third-order valence-corrected chi connectivity index (χ3v) is 4.39. The molecule has 27 heavy (non-hydrogen) atoms. The molecule has 1 aliphatic carbocycles. The number of para-hydroxylation sites is 1. The number of carbonyl (C=O) groups excluding carboxylic acids is 3. The first-order chi connectivity index (χ1) is 13.1. The molecule has 0 radical (unpaired) electrons. The maximum Gasteiger partial charge on any atom is 0.339 e. The molecule has 1 amide bonds. The smallest absolute Gasteiger partial charge is 0.339 e. The van der Waals surface area contributed by atoms with Crippen LogP contribution in [0.5, 0.6) is 0 Å². The molecule has 142 valence electrons. The number of hydrogen-bond acceptors (Lipinski definition) is 6. The quantitative estimate of drug-likeness (QED) is 0.566. The van der Waals surface area contributed by atoms with Crippen LogP contribution in [0.1, 0.15) is 47.7 Å². The number of nitrogens with one attached hydrogen (secondary N) is 1. The van der Waals surface area contributed by atoms with Crippen molar-refractivity contribution in [3.8, 4) is 0 Å². The van der Waals surface area contributed by atoms with Crippen molar-refractivity contribution >= 4 is 28.7 Å². The van der Waals surface area contributed by atoms with Crippen LogP contribution in [0.15, 0.2) is 30.3 Å². The Labute approximate surface area is 157 Å². The molecule has 1 saturated carbocycles. The molecular weight excluding hydrogens is 348 g/mol. The average Bonchev–Trinajstić information content (AvgIpc) is 3.53. The lowest BCUT2D eigenvalue weighted by molar-refractivity contribution is -0.140. The molecule has 3 rings (SSSR count). The summed E-state index contributed by atoms with van der Waals surface area (Å²) < 4.78 is 9.71. The van der Waals surface area contributed by atoms with Gasteiger partial charge in [0.25, 0.3) is 5.91 Å². The van der Waals surface area contributed by atoms with Crippen LogP contribution < -0.4 is 5.32 Å². The minimum atomic E-state index is -0.541. The van der Waals surface area contributed by atoms with Crippen LogP contribution in [0.2, 0.25) is 0 Å². The highest BCUT2D eigenvalue weighted by Crippen LogP contribution is 2.40. The Balaban J connectivity index is 1.58. The van der Waals surface area contributed by atoms with Crippen LogP contribution in [-0.4, -0.2) is 43.1 Å². The van der Waals surface area contributed by atoms with E-state index in [1.807, 2.05) is 24.3 Å². The lowest BCUT2D eigenvalue weighted by atomic mass is 10.1. The van der Waals surface area contributed by atoms with Crippen molar-refractivity contribution in [2.45, 2.75) is 31.6 Å². The number of methoxy groups -OCH3 is 1. The number of rotatable bonds is 8. The van der Waals surface area contributed by atoms with Crippen molar-refractivity contribution in [1.82, 2.24) is 10.3 Å². The van der Waals surface area contributed by atoms with Gasteiger partial charge in [0.05, 0.1) is 18.2 Å². The van der Waals surface area contributed by atoms with Gasteiger partial charge < -0.3 is 14.8 Å². The predicted octanol–water partition coefficient (Wildman–Crippen LogP) is 2.34. The Kier molecular flexibility index (Phi) is 6.01. The zero-order valence-corrected chi connectivity index (χ0v) is 15.2. The van der Waals surface area contributed by atoms with Gasteiger partial charge in [0.15, 0.2) is 6.61 Å². The first kappa shape index (κ1) is 18.8. The molecule has 7 nitrogen and oxygen atoms in total. The molecule has 0 bridgehead atoms. The van der Waals surface area contributed by atoms with E-state index in [9.17, 15) is 14.4 Å². The first-order valence-corrected chi connectivity index (χ1v) is 8.99. The number of hydrogen-bond donors (Lipinski definition) is 1. The number of esters is 2. The van der Waals surface area contributed by atoms with Gasteiger partial charge in [-0.15, -0.1) is 0 Å². The van der Waals surface area contributed by atoms with Crippen LogP contribution in [0, 0.1) is 0 Å². The Morgan fingerprint density at radius 3 is 2.74 bits per heavy atom. The summed E-state index contributed by atoms with van der Waals surface area (Å²) in [5.74, 6) is -0.875. The average molecular weight is 370 g/mol. The van der Waals surface area contributed by atoms with E-state index in [0.717, 1.165) is 24.1 Å². The normalized spacial score (nSPS) is 13.2. The van der Waals surface area contributed by atoms with E-state index in [-0.39, 0.29) is 19.0 Å². The summed E-state index contributed by atoms with van der Waals surface area (Å²) in [6.07, 6.45) is 2.84. The van der Waals surface area contributed by atoms with E-state index in [1.54, 1.807) is 6.07 Å². The number of amides is 1. The van der Waals surface area contributed by atoms with Crippen molar-refractivity contribution < 1.29 is 23.9 Å². The van der Waals surface area contributed by atoms with Crippen LogP contribution >= 0.6 is 0 Å². The molecule has 0 saturated heterocycles. The molecule has 1 aromatic heterocycles. The maximum absolute atomic E-state index is 12.5. The van der Waals surface area contributed by atoms with Gasteiger partial charge in [0, 0.05) is 30.0 Å². The SMILES string of the molecule is COC(=O)CCCNC(=O)COC(=O)c1cc(C2CC2)nc2ccccc12. The Morgan fingerprint density at radius 2 is 2.00 bits per heavy atom. The van der Waals surface area contributed by atoms with E-state index >= 15 is 0 Å². The number of nitrogens with zero attached hydrogens (tertiary/aromatic N) is 1. The van der Waals surface area contributed by atoms with Crippen molar-refractivity contribution in [3.63, 3.8) is 0 Å². The lowest BCUT2D eigenvalue weighted by Gasteiger charge is -2.10. The van der Waals surface area contributed by atoms with Crippen molar-refractivity contribution in [3.05, 3.63) is 41.6 Å². The second-order valence-corrected chi connectivity index (χ2v) is 6.49. The van der Waals surface area contributed by atoms with E-state index in [2.05, 4.69) is 15.0 Å². The second-order valence-electron chi connectivity index (χ2n) is 6.49. The van der Waals surface area contributed by atoms with Gasteiger partial charge >= 0.3 is 11.9 Å². The van der Waals surface area contributed by atoms with Crippen LogP contribution in [0.4, 0.5) is 0 Å². The highest BCUT2D eigenvalue weighted by molar-refractivity contribution is 6.04.